The molecule has 1 heterocycles. The highest BCUT2D eigenvalue weighted by atomic mass is 16.2. The van der Waals surface area contributed by atoms with E-state index in [-0.39, 0.29) is 29.8 Å². The summed E-state index contributed by atoms with van der Waals surface area (Å²) in [6.07, 6.45) is 5.38. The van der Waals surface area contributed by atoms with E-state index in [2.05, 4.69) is 12.2 Å². The molecule has 0 aromatic heterocycles. The number of nitrogens with zero attached hydrogens (tertiary/aromatic N) is 1. The SMILES string of the molecule is CC1CCC(N2C(=O)C(C)(C3CC3)NC(=O)C2C(C)C)C1. The van der Waals surface area contributed by atoms with E-state index in [1.807, 2.05) is 25.7 Å². The van der Waals surface area contributed by atoms with Crippen molar-refractivity contribution < 1.29 is 9.59 Å². The lowest BCUT2D eigenvalue weighted by atomic mass is 9.85. The summed E-state index contributed by atoms with van der Waals surface area (Å²) in [7, 11) is 0. The number of carbonyl (C=O) groups is 2. The molecule has 118 valence electrons. The zero-order valence-electron chi connectivity index (χ0n) is 13.7. The summed E-state index contributed by atoms with van der Waals surface area (Å²) in [5.41, 5.74) is -0.658. The van der Waals surface area contributed by atoms with Gasteiger partial charge in [0.15, 0.2) is 0 Å². The van der Waals surface area contributed by atoms with Crippen LogP contribution in [-0.4, -0.2) is 34.3 Å². The molecule has 4 atom stereocenters. The maximum Gasteiger partial charge on any atom is 0.249 e. The summed E-state index contributed by atoms with van der Waals surface area (Å²) in [5, 5.41) is 3.07. The Balaban J connectivity index is 1.93. The summed E-state index contributed by atoms with van der Waals surface area (Å²) >= 11 is 0. The van der Waals surface area contributed by atoms with Gasteiger partial charge in [0.05, 0.1) is 0 Å². The van der Waals surface area contributed by atoms with Crippen molar-refractivity contribution in [1.29, 1.82) is 0 Å². The van der Waals surface area contributed by atoms with Crippen LogP contribution in [0.25, 0.3) is 0 Å². The number of nitrogens with one attached hydrogen (secondary N) is 1. The molecule has 0 radical (unpaired) electrons. The Labute approximate surface area is 127 Å². The minimum Gasteiger partial charge on any atom is -0.340 e. The molecule has 4 heteroatoms. The highest BCUT2D eigenvalue weighted by molar-refractivity contribution is 6.00. The normalized spacial score (nSPS) is 40.8. The highest BCUT2D eigenvalue weighted by Gasteiger charge is 2.57. The molecule has 3 aliphatic rings. The molecule has 21 heavy (non-hydrogen) atoms. The summed E-state index contributed by atoms with van der Waals surface area (Å²) < 4.78 is 0. The van der Waals surface area contributed by atoms with Gasteiger partial charge in [0, 0.05) is 6.04 Å². The first kappa shape index (κ1) is 14.9. The Morgan fingerprint density at radius 3 is 2.33 bits per heavy atom. The third-order valence-electron chi connectivity index (χ3n) is 5.72. The first-order valence-electron chi connectivity index (χ1n) is 8.49. The van der Waals surface area contributed by atoms with Gasteiger partial charge in [0.1, 0.15) is 11.6 Å². The van der Waals surface area contributed by atoms with Crippen molar-refractivity contribution in [2.75, 3.05) is 0 Å². The third-order valence-corrected chi connectivity index (χ3v) is 5.72. The predicted molar refractivity (Wildman–Crippen MR) is 81.5 cm³/mol. The van der Waals surface area contributed by atoms with Crippen LogP contribution in [0.15, 0.2) is 0 Å². The maximum atomic E-state index is 13.2. The van der Waals surface area contributed by atoms with Gasteiger partial charge in [-0.2, -0.15) is 0 Å². The van der Waals surface area contributed by atoms with Crippen molar-refractivity contribution in [3.63, 3.8) is 0 Å². The van der Waals surface area contributed by atoms with Gasteiger partial charge in [-0.15, -0.1) is 0 Å². The topological polar surface area (TPSA) is 49.4 Å². The van der Waals surface area contributed by atoms with Gasteiger partial charge in [0.2, 0.25) is 11.8 Å². The molecule has 3 rings (SSSR count). The lowest BCUT2D eigenvalue weighted by molar-refractivity contribution is -0.160. The maximum absolute atomic E-state index is 13.2. The molecular weight excluding hydrogens is 264 g/mol. The average Bonchev–Trinajstić information content (AvgIpc) is 3.17. The van der Waals surface area contributed by atoms with Crippen molar-refractivity contribution in [3.8, 4) is 0 Å². The molecule has 2 aliphatic carbocycles. The molecule has 4 nitrogen and oxygen atoms in total. The van der Waals surface area contributed by atoms with Gasteiger partial charge in [0.25, 0.3) is 0 Å². The predicted octanol–water partition coefficient (Wildman–Crippen LogP) is 2.33. The highest BCUT2D eigenvalue weighted by Crippen LogP contribution is 2.44. The number of carbonyl (C=O) groups excluding carboxylic acids is 2. The van der Waals surface area contributed by atoms with Crippen LogP contribution in [0.3, 0.4) is 0 Å². The van der Waals surface area contributed by atoms with Gasteiger partial charge >= 0.3 is 0 Å². The number of amides is 2. The van der Waals surface area contributed by atoms with Crippen LogP contribution in [0.2, 0.25) is 0 Å². The van der Waals surface area contributed by atoms with Crippen LogP contribution in [0.4, 0.5) is 0 Å². The number of piperazine rings is 1. The van der Waals surface area contributed by atoms with Gasteiger partial charge in [-0.3, -0.25) is 9.59 Å². The Morgan fingerprint density at radius 2 is 1.86 bits per heavy atom. The van der Waals surface area contributed by atoms with Crippen molar-refractivity contribution in [1.82, 2.24) is 10.2 Å². The van der Waals surface area contributed by atoms with Gasteiger partial charge < -0.3 is 10.2 Å². The van der Waals surface area contributed by atoms with E-state index >= 15 is 0 Å². The quantitative estimate of drug-likeness (QED) is 0.868. The average molecular weight is 292 g/mol. The molecule has 0 aromatic carbocycles. The van der Waals surface area contributed by atoms with Gasteiger partial charge in [-0.25, -0.2) is 0 Å². The van der Waals surface area contributed by atoms with Gasteiger partial charge in [-0.05, 0) is 56.8 Å². The molecule has 1 saturated heterocycles. The minimum atomic E-state index is -0.658. The second-order valence-corrected chi connectivity index (χ2v) is 7.94. The molecule has 0 bridgehead atoms. The van der Waals surface area contributed by atoms with E-state index in [1.165, 1.54) is 6.42 Å². The largest absolute Gasteiger partial charge is 0.340 e. The minimum absolute atomic E-state index is 0.0542. The van der Waals surface area contributed by atoms with Gasteiger partial charge in [-0.1, -0.05) is 20.8 Å². The van der Waals surface area contributed by atoms with E-state index in [9.17, 15) is 9.59 Å². The van der Waals surface area contributed by atoms with Crippen molar-refractivity contribution >= 4 is 11.8 Å². The van der Waals surface area contributed by atoms with Crippen LogP contribution in [-0.2, 0) is 9.59 Å². The first-order valence-corrected chi connectivity index (χ1v) is 8.49. The van der Waals surface area contributed by atoms with Crippen molar-refractivity contribution in [3.05, 3.63) is 0 Å². The Hall–Kier alpha value is -1.06. The Kier molecular flexibility index (Phi) is 3.53. The molecule has 1 N–H and O–H groups in total. The third kappa shape index (κ3) is 2.36. The van der Waals surface area contributed by atoms with Crippen molar-refractivity contribution in [2.24, 2.45) is 17.8 Å². The van der Waals surface area contributed by atoms with E-state index in [4.69, 9.17) is 0 Å². The second-order valence-electron chi connectivity index (χ2n) is 7.94. The lowest BCUT2D eigenvalue weighted by Gasteiger charge is -2.48. The van der Waals surface area contributed by atoms with Crippen LogP contribution < -0.4 is 5.32 Å². The molecule has 2 amide bonds. The van der Waals surface area contributed by atoms with Crippen LogP contribution in [0.1, 0.15) is 59.8 Å². The lowest BCUT2D eigenvalue weighted by Crippen LogP contribution is -2.72. The fourth-order valence-electron chi connectivity index (χ4n) is 4.29. The first-order chi connectivity index (χ1) is 9.84. The number of hydrogen-bond donors (Lipinski definition) is 1. The molecule has 3 fully saturated rings. The van der Waals surface area contributed by atoms with E-state index in [1.54, 1.807) is 0 Å². The number of rotatable bonds is 3. The molecular formula is C17H28N2O2. The fraction of sp³-hybridized carbons (Fsp3) is 0.882. The second kappa shape index (κ2) is 4.99. The number of hydrogen-bond acceptors (Lipinski definition) is 2. The summed E-state index contributed by atoms with van der Waals surface area (Å²) in [6, 6.07) is -0.0383. The standard InChI is InChI=1S/C17H28N2O2/c1-10(2)14-15(20)18-17(4,12-6-7-12)16(21)19(14)13-8-5-11(3)9-13/h10-14H,5-9H2,1-4H3,(H,18,20). The zero-order chi connectivity index (χ0) is 15.4. The monoisotopic (exact) mass is 292 g/mol. The molecule has 1 aliphatic heterocycles. The zero-order valence-corrected chi connectivity index (χ0v) is 13.7. The van der Waals surface area contributed by atoms with E-state index < -0.39 is 5.54 Å². The molecule has 0 aromatic rings. The molecule has 0 spiro atoms. The van der Waals surface area contributed by atoms with Crippen molar-refractivity contribution in [2.45, 2.75) is 77.4 Å². The van der Waals surface area contributed by atoms with Crippen LogP contribution in [0, 0.1) is 17.8 Å². The summed E-state index contributed by atoms with van der Waals surface area (Å²) in [6.45, 7) is 8.27. The smallest absolute Gasteiger partial charge is 0.249 e. The fourth-order valence-corrected chi connectivity index (χ4v) is 4.29. The van der Waals surface area contributed by atoms with Crippen LogP contribution >= 0.6 is 0 Å². The Bertz CT molecular complexity index is 458. The Morgan fingerprint density at radius 1 is 1.19 bits per heavy atom. The summed E-state index contributed by atoms with van der Waals surface area (Å²) in [4.78, 5) is 27.8. The molecule has 4 unspecified atom stereocenters. The van der Waals surface area contributed by atoms with Crippen LogP contribution in [0.5, 0.6) is 0 Å². The van der Waals surface area contributed by atoms with E-state index in [0.717, 1.165) is 25.7 Å². The summed E-state index contributed by atoms with van der Waals surface area (Å²) in [5.74, 6) is 1.38. The molecule has 2 saturated carbocycles. The van der Waals surface area contributed by atoms with E-state index in [0.29, 0.717) is 11.8 Å².